The summed E-state index contributed by atoms with van der Waals surface area (Å²) in [6, 6.07) is 10.3. The minimum absolute atomic E-state index is 0.0380. The first-order valence-corrected chi connectivity index (χ1v) is 9.56. The van der Waals surface area contributed by atoms with Crippen LogP contribution in [0.3, 0.4) is 0 Å². The standard InChI is InChI=1S/C16H19Br2ClN2/c1-3-14-8-15(21(2)20-14)9-16(10-17,11-18)12-5-4-6-13(19)7-12/h4-8H,3,9-11H2,1-2H3. The van der Waals surface area contributed by atoms with E-state index in [1.165, 1.54) is 11.3 Å². The Morgan fingerprint density at radius 1 is 1.24 bits per heavy atom. The number of benzene rings is 1. The van der Waals surface area contributed by atoms with Gasteiger partial charge < -0.3 is 0 Å². The molecule has 0 unspecified atom stereocenters. The minimum atomic E-state index is -0.0380. The fraction of sp³-hybridized carbons (Fsp3) is 0.438. The average Bonchev–Trinajstić information content (AvgIpc) is 2.85. The highest BCUT2D eigenvalue weighted by Gasteiger charge is 2.32. The van der Waals surface area contributed by atoms with Crippen LogP contribution in [0.1, 0.15) is 23.9 Å². The molecule has 2 nitrogen and oxygen atoms in total. The molecule has 21 heavy (non-hydrogen) atoms. The number of hydrogen-bond acceptors (Lipinski definition) is 1. The van der Waals surface area contributed by atoms with E-state index in [1.807, 2.05) is 23.9 Å². The Labute approximate surface area is 148 Å². The quantitative estimate of drug-likeness (QED) is 0.591. The molecule has 0 atom stereocenters. The zero-order valence-electron chi connectivity index (χ0n) is 12.2. The molecule has 0 fully saturated rings. The van der Waals surface area contributed by atoms with Gasteiger partial charge in [0.15, 0.2) is 0 Å². The molecule has 0 saturated heterocycles. The van der Waals surface area contributed by atoms with Gasteiger partial charge in [-0.05, 0) is 30.2 Å². The Morgan fingerprint density at radius 2 is 1.95 bits per heavy atom. The molecular formula is C16H19Br2ClN2. The van der Waals surface area contributed by atoms with E-state index < -0.39 is 0 Å². The van der Waals surface area contributed by atoms with Crippen molar-refractivity contribution in [3.63, 3.8) is 0 Å². The summed E-state index contributed by atoms with van der Waals surface area (Å²) in [4.78, 5) is 0. The smallest absolute Gasteiger partial charge is 0.0624 e. The first-order valence-electron chi connectivity index (χ1n) is 6.94. The highest BCUT2D eigenvalue weighted by atomic mass is 79.9. The van der Waals surface area contributed by atoms with Gasteiger partial charge in [0, 0.05) is 40.3 Å². The number of alkyl halides is 2. The minimum Gasteiger partial charge on any atom is -0.272 e. The normalized spacial score (nSPS) is 11.9. The van der Waals surface area contributed by atoms with Crippen molar-refractivity contribution in [2.45, 2.75) is 25.2 Å². The second-order valence-electron chi connectivity index (χ2n) is 5.34. The number of aromatic nitrogens is 2. The van der Waals surface area contributed by atoms with E-state index in [2.05, 4.69) is 62.1 Å². The van der Waals surface area contributed by atoms with Crippen molar-refractivity contribution in [1.29, 1.82) is 0 Å². The van der Waals surface area contributed by atoms with Crippen molar-refractivity contribution in [2.24, 2.45) is 7.05 Å². The van der Waals surface area contributed by atoms with Gasteiger partial charge in [0.05, 0.1) is 5.69 Å². The molecule has 5 heteroatoms. The molecule has 0 aliphatic rings. The monoisotopic (exact) mass is 432 g/mol. The van der Waals surface area contributed by atoms with Gasteiger partial charge in [0.2, 0.25) is 0 Å². The van der Waals surface area contributed by atoms with Crippen LogP contribution in [0, 0.1) is 0 Å². The molecule has 1 aromatic carbocycles. The SMILES string of the molecule is CCc1cc(CC(CBr)(CBr)c2cccc(Cl)c2)n(C)n1. The Hall–Kier alpha value is -0.320. The third kappa shape index (κ3) is 3.72. The van der Waals surface area contributed by atoms with Crippen LogP contribution < -0.4 is 0 Å². The van der Waals surface area contributed by atoms with Crippen molar-refractivity contribution in [3.05, 3.63) is 52.3 Å². The lowest BCUT2D eigenvalue weighted by atomic mass is 9.80. The topological polar surface area (TPSA) is 17.8 Å². The van der Waals surface area contributed by atoms with E-state index in [0.717, 1.165) is 34.2 Å². The van der Waals surface area contributed by atoms with E-state index in [0.29, 0.717) is 0 Å². The number of hydrogen-bond donors (Lipinski definition) is 0. The molecule has 1 heterocycles. The van der Waals surface area contributed by atoms with Crippen LogP contribution in [0.15, 0.2) is 30.3 Å². The summed E-state index contributed by atoms with van der Waals surface area (Å²) in [5, 5.41) is 7.05. The number of aryl methyl sites for hydroxylation is 2. The van der Waals surface area contributed by atoms with E-state index in [9.17, 15) is 0 Å². The van der Waals surface area contributed by atoms with Gasteiger partial charge in [-0.25, -0.2) is 0 Å². The molecule has 0 radical (unpaired) electrons. The van der Waals surface area contributed by atoms with Gasteiger partial charge in [-0.15, -0.1) is 0 Å². The number of halogens is 3. The molecule has 2 aromatic rings. The first kappa shape index (κ1) is 17.0. The fourth-order valence-electron chi connectivity index (χ4n) is 2.46. The average molecular weight is 435 g/mol. The van der Waals surface area contributed by atoms with Gasteiger partial charge >= 0.3 is 0 Å². The van der Waals surface area contributed by atoms with Gasteiger partial charge in [-0.3, -0.25) is 4.68 Å². The van der Waals surface area contributed by atoms with Crippen molar-refractivity contribution in [2.75, 3.05) is 10.7 Å². The zero-order chi connectivity index (χ0) is 15.5. The van der Waals surface area contributed by atoms with E-state index in [-0.39, 0.29) is 5.41 Å². The lowest BCUT2D eigenvalue weighted by Crippen LogP contribution is -2.33. The Morgan fingerprint density at radius 3 is 2.48 bits per heavy atom. The molecule has 0 N–H and O–H groups in total. The summed E-state index contributed by atoms with van der Waals surface area (Å²) < 4.78 is 1.99. The maximum atomic E-state index is 6.18. The van der Waals surface area contributed by atoms with E-state index in [4.69, 9.17) is 11.6 Å². The molecule has 0 aliphatic carbocycles. The van der Waals surface area contributed by atoms with Crippen LogP contribution in [-0.4, -0.2) is 20.4 Å². The number of rotatable bonds is 6. The second-order valence-corrected chi connectivity index (χ2v) is 6.90. The molecule has 2 rings (SSSR count). The van der Waals surface area contributed by atoms with Gasteiger partial charge in [0.25, 0.3) is 0 Å². The molecule has 0 amide bonds. The fourth-order valence-corrected chi connectivity index (χ4v) is 4.62. The molecule has 1 aromatic heterocycles. The van der Waals surface area contributed by atoms with Crippen LogP contribution in [0.4, 0.5) is 0 Å². The predicted octanol–water partition coefficient (Wildman–Crippen LogP) is 4.91. The second kappa shape index (κ2) is 7.30. The van der Waals surface area contributed by atoms with Crippen LogP contribution in [0.5, 0.6) is 0 Å². The van der Waals surface area contributed by atoms with Crippen molar-refractivity contribution in [1.82, 2.24) is 9.78 Å². The molecular weight excluding hydrogens is 415 g/mol. The summed E-state index contributed by atoms with van der Waals surface area (Å²) >= 11 is 13.6. The maximum Gasteiger partial charge on any atom is 0.0624 e. The highest BCUT2D eigenvalue weighted by Crippen LogP contribution is 2.34. The van der Waals surface area contributed by atoms with Crippen molar-refractivity contribution >= 4 is 43.5 Å². The van der Waals surface area contributed by atoms with Crippen LogP contribution >= 0.6 is 43.5 Å². The molecule has 0 saturated carbocycles. The highest BCUT2D eigenvalue weighted by molar-refractivity contribution is 9.09. The van der Waals surface area contributed by atoms with E-state index >= 15 is 0 Å². The van der Waals surface area contributed by atoms with Crippen LogP contribution in [-0.2, 0) is 25.3 Å². The Kier molecular flexibility index (Phi) is 5.92. The van der Waals surface area contributed by atoms with Crippen LogP contribution in [0.25, 0.3) is 0 Å². The summed E-state index contributed by atoms with van der Waals surface area (Å²) in [6.07, 6.45) is 1.87. The molecule has 0 aliphatic heterocycles. The van der Waals surface area contributed by atoms with Gasteiger partial charge in [0.1, 0.15) is 0 Å². The Bertz CT molecular complexity index is 606. The maximum absolute atomic E-state index is 6.18. The van der Waals surface area contributed by atoms with Gasteiger partial charge in [-0.1, -0.05) is 62.5 Å². The third-order valence-corrected chi connectivity index (χ3v) is 6.24. The van der Waals surface area contributed by atoms with Gasteiger partial charge in [-0.2, -0.15) is 5.10 Å². The largest absolute Gasteiger partial charge is 0.272 e. The zero-order valence-corrected chi connectivity index (χ0v) is 16.2. The molecule has 0 bridgehead atoms. The summed E-state index contributed by atoms with van der Waals surface area (Å²) in [7, 11) is 2.01. The number of nitrogens with zero attached hydrogens (tertiary/aromatic N) is 2. The van der Waals surface area contributed by atoms with Crippen molar-refractivity contribution in [3.8, 4) is 0 Å². The lowest BCUT2D eigenvalue weighted by Gasteiger charge is -2.31. The summed E-state index contributed by atoms with van der Waals surface area (Å²) in [5.41, 5.74) is 3.58. The molecule has 0 spiro atoms. The lowest BCUT2D eigenvalue weighted by molar-refractivity contribution is 0.523. The summed E-state index contributed by atoms with van der Waals surface area (Å²) in [6.45, 7) is 2.13. The predicted molar refractivity (Wildman–Crippen MR) is 97.0 cm³/mol. The van der Waals surface area contributed by atoms with Crippen LogP contribution in [0.2, 0.25) is 5.02 Å². The third-order valence-electron chi connectivity index (χ3n) is 3.86. The van der Waals surface area contributed by atoms with E-state index in [1.54, 1.807) is 0 Å². The van der Waals surface area contributed by atoms with Crippen molar-refractivity contribution < 1.29 is 0 Å². The molecule has 114 valence electrons. The summed E-state index contributed by atoms with van der Waals surface area (Å²) in [5.74, 6) is 0. The first-order chi connectivity index (χ1) is 10.0. The Balaban J connectivity index is 2.40.